The summed E-state index contributed by atoms with van der Waals surface area (Å²) >= 11 is 5.27. The highest BCUT2D eigenvalue weighted by Crippen LogP contribution is 2.32. The molecule has 3 nitrogen and oxygen atoms in total. The van der Waals surface area contributed by atoms with Crippen LogP contribution >= 0.6 is 27.3 Å². The quantitative estimate of drug-likeness (QED) is 0.927. The van der Waals surface area contributed by atoms with Crippen LogP contribution in [0.25, 0.3) is 0 Å². The topological polar surface area (TPSA) is 34.2 Å². The fraction of sp³-hybridized carbons (Fsp3) is 0.357. The monoisotopic (exact) mass is 338 g/mol. The first kappa shape index (κ1) is 13.1. The molecule has 2 aromatic rings. The molecule has 0 saturated heterocycles. The number of nitrogens with zero attached hydrogens (tertiary/aromatic N) is 1. The fourth-order valence-corrected chi connectivity index (χ4v) is 3.58. The van der Waals surface area contributed by atoms with Crippen molar-refractivity contribution in [3.05, 3.63) is 43.8 Å². The van der Waals surface area contributed by atoms with Gasteiger partial charge >= 0.3 is 0 Å². The summed E-state index contributed by atoms with van der Waals surface area (Å²) in [6.45, 7) is 4.52. The molecule has 1 aromatic carbocycles. The standard InChI is InChI=1S/C14H15BrN2OS/c1-9-13(19-8-17-9)7-16-6-11-5-12(15)4-10-2-3-18-14(10)11/h4-5,8,16H,2-3,6-7H2,1H3. The Balaban J connectivity index is 1.69. The van der Waals surface area contributed by atoms with Crippen LogP contribution in [0, 0.1) is 6.92 Å². The van der Waals surface area contributed by atoms with Gasteiger partial charge < -0.3 is 10.1 Å². The number of nitrogens with one attached hydrogen (secondary N) is 1. The van der Waals surface area contributed by atoms with Gasteiger partial charge in [0.25, 0.3) is 0 Å². The molecule has 100 valence electrons. The Hall–Kier alpha value is -0.910. The van der Waals surface area contributed by atoms with Gasteiger partial charge in [-0.3, -0.25) is 0 Å². The molecule has 0 radical (unpaired) electrons. The first-order valence-electron chi connectivity index (χ1n) is 6.28. The molecule has 0 bridgehead atoms. The maximum atomic E-state index is 5.73. The van der Waals surface area contributed by atoms with Crippen LogP contribution in [-0.4, -0.2) is 11.6 Å². The molecule has 1 aromatic heterocycles. The van der Waals surface area contributed by atoms with Crippen LogP contribution in [0.15, 0.2) is 22.1 Å². The first-order chi connectivity index (χ1) is 9.24. The number of aromatic nitrogens is 1. The molecule has 1 N–H and O–H groups in total. The molecular weight excluding hydrogens is 324 g/mol. The normalized spacial score (nSPS) is 13.4. The molecule has 5 heteroatoms. The lowest BCUT2D eigenvalue weighted by Crippen LogP contribution is -2.13. The lowest BCUT2D eigenvalue weighted by atomic mass is 10.1. The molecule has 0 amide bonds. The first-order valence-corrected chi connectivity index (χ1v) is 7.95. The summed E-state index contributed by atoms with van der Waals surface area (Å²) in [7, 11) is 0. The van der Waals surface area contributed by atoms with Crippen molar-refractivity contribution < 1.29 is 4.74 Å². The highest BCUT2D eigenvalue weighted by atomic mass is 79.9. The van der Waals surface area contributed by atoms with Crippen LogP contribution in [0.4, 0.5) is 0 Å². The van der Waals surface area contributed by atoms with E-state index in [9.17, 15) is 0 Å². The van der Waals surface area contributed by atoms with Crippen LogP contribution in [0.2, 0.25) is 0 Å². The van der Waals surface area contributed by atoms with E-state index in [1.807, 2.05) is 12.4 Å². The zero-order valence-corrected chi connectivity index (χ0v) is 13.1. The zero-order valence-electron chi connectivity index (χ0n) is 10.7. The van der Waals surface area contributed by atoms with E-state index in [0.29, 0.717) is 0 Å². The van der Waals surface area contributed by atoms with Crippen molar-refractivity contribution in [2.24, 2.45) is 0 Å². The van der Waals surface area contributed by atoms with Crippen LogP contribution in [0.1, 0.15) is 21.7 Å². The summed E-state index contributed by atoms with van der Waals surface area (Å²) < 4.78 is 6.85. The summed E-state index contributed by atoms with van der Waals surface area (Å²) in [5.74, 6) is 1.07. The number of hydrogen-bond acceptors (Lipinski definition) is 4. The third-order valence-corrected chi connectivity index (χ3v) is 4.66. The molecular formula is C14H15BrN2OS. The molecule has 1 aliphatic heterocycles. The van der Waals surface area contributed by atoms with E-state index in [1.165, 1.54) is 16.0 Å². The predicted octanol–water partition coefficient (Wildman–Crippen LogP) is 3.44. The van der Waals surface area contributed by atoms with Gasteiger partial charge in [0.15, 0.2) is 0 Å². The number of ether oxygens (including phenoxy) is 1. The average Bonchev–Trinajstić information content (AvgIpc) is 2.98. The maximum Gasteiger partial charge on any atom is 0.127 e. The van der Waals surface area contributed by atoms with Gasteiger partial charge in [-0.2, -0.15) is 0 Å². The average molecular weight is 339 g/mol. The Morgan fingerprint density at radius 3 is 3.11 bits per heavy atom. The summed E-state index contributed by atoms with van der Waals surface area (Å²) in [5, 5.41) is 3.47. The largest absolute Gasteiger partial charge is 0.493 e. The number of benzene rings is 1. The Morgan fingerprint density at radius 1 is 1.42 bits per heavy atom. The van der Waals surface area contributed by atoms with Crippen LogP contribution < -0.4 is 10.1 Å². The van der Waals surface area contributed by atoms with Gasteiger partial charge in [0, 0.05) is 34.4 Å². The summed E-state index contributed by atoms with van der Waals surface area (Å²) in [5.41, 5.74) is 5.55. The Kier molecular flexibility index (Phi) is 3.86. The molecule has 2 heterocycles. The lowest BCUT2D eigenvalue weighted by Gasteiger charge is -2.10. The second kappa shape index (κ2) is 5.61. The molecule has 1 aliphatic rings. The van der Waals surface area contributed by atoms with E-state index in [-0.39, 0.29) is 0 Å². The molecule has 0 fully saturated rings. The highest BCUT2D eigenvalue weighted by Gasteiger charge is 2.17. The number of rotatable bonds is 4. The van der Waals surface area contributed by atoms with E-state index < -0.39 is 0 Å². The maximum absolute atomic E-state index is 5.73. The predicted molar refractivity (Wildman–Crippen MR) is 80.7 cm³/mol. The molecule has 0 aliphatic carbocycles. The zero-order chi connectivity index (χ0) is 13.2. The van der Waals surface area contributed by atoms with Crippen molar-refractivity contribution in [3.8, 4) is 5.75 Å². The molecule has 3 rings (SSSR count). The van der Waals surface area contributed by atoms with Crippen molar-refractivity contribution in [1.82, 2.24) is 10.3 Å². The second-order valence-electron chi connectivity index (χ2n) is 4.62. The highest BCUT2D eigenvalue weighted by molar-refractivity contribution is 9.10. The molecule has 0 saturated carbocycles. The minimum Gasteiger partial charge on any atom is -0.493 e. The van der Waals surface area contributed by atoms with Crippen molar-refractivity contribution in [2.45, 2.75) is 26.4 Å². The molecule has 0 spiro atoms. The summed E-state index contributed by atoms with van der Waals surface area (Å²) in [6, 6.07) is 4.29. The Bertz CT molecular complexity index is 597. The van der Waals surface area contributed by atoms with E-state index in [2.05, 4.69) is 38.4 Å². The van der Waals surface area contributed by atoms with Crippen LogP contribution in [0.3, 0.4) is 0 Å². The summed E-state index contributed by atoms with van der Waals surface area (Å²) in [6.07, 6.45) is 1.01. The lowest BCUT2D eigenvalue weighted by molar-refractivity contribution is 0.352. The molecule has 0 unspecified atom stereocenters. The van der Waals surface area contributed by atoms with E-state index in [0.717, 1.165) is 42.0 Å². The van der Waals surface area contributed by atoms with Crippen LogP contribution in [-0.2, 0) is 19.5 Å². The van der Waals surface area contributed by atoms with Crippen LogP contribution in [0.5, 0.6) is 5.75 Å². The number of thiazole rings is 1. The van der Waals surface area contributed by atoms with Gasteiger partial charge in [0.1, 0.15) is 5.75 Å². The minimum atomic E-state index is 0.798. The Morgan fingerprint density at radius 2 is 2.32 bits per heavy atom. The van der Waals surface area contributed by atoms with Gasteiger partial charge in [0.2, 0.25) is 0 Å². The third kappa shape index (κ3) is 2.83. The second-order valence-corrected chi connectivity index (χ2v) is 6.47. The van der Waals surface area contributed by atoms with Crippen molar-refractivity contribution in [1.29, 1.82) is 0 Å². The van der Waals surface area contributed by atoms with Crippen molar-refractivity contribution >= 4 is 27.3 Å². The van der Waals surface area contributed by atoms with E-state index in [4.69, 9.17) is 4.74 Å². The minimum absolute atomic E-state index is 0.798. The van der Waals surface area contributed by atoms with Gasteiger partial charge in [-0.05, 0) is 24.6 Å². The van der Waals surface area contributed by atoms with Crippen molar-refractivity contribution in [3.63, 3.8) is 0 Å². The number of fused-ring (bicyclic) bond motifs is 1. The number of hydrogen-bond donors (Lipinski definition) is 1. The Labute approximate surface area is 125 Å². The third-order valence-electron chi connectivity index (χ3n) is 3.27. The van der Waals surface area contributed by atoms with Gasteiger partial charge in [-0.1, -0.05) is 15.9 Å². The van der Waals surface area contributed by atoms with E-state index >= 15 is 0 Å². The van der Waals surface area contributed by atoms with E-state index in [1.54, 1.807) is 11.3 Å². The smallest absolute Gasteiger partial charge is 0.127 e. The number of halogens is 1. The number of aryl methyl sites for hydroxylation is 1. The van der Waals surface area contributed by atoms with Gasteiger partial charge in [-0.25, -0.2) is 4.98 Å². The summed E-state index contributed by atoms with van der Waals surface area (Å²) in [4.78, 5) is 5.56. The molecule has 19 heavy (non-hydrogen) atoms. The fourth-order valence-electron chi connectivity index (χ4n) is 2.28. The van der Waals surface area contributed by atoms with Gasteiger partial charge in [-0.15, -0.1) is 11.3 Å². The van der Waals surface area contributed by atoms with Crippen molar-refractivity contribution in [2.75, 3.05) is 6.61 Å². The SMILES string of the molecule is Cc1ncsc1CNCc1cc(Br)cc2c1OCC2. The van der Waals surface area contributed by atoms with Gasteiger partial charge in [0.05, 0.1) is 17.8 Å². The molecule has 0 atom stereocenters.